The van der Waals surface area contributed by atoms with Crippen molar-refractivity contribution < 1.29 is 64.6 Å². The molecule has 522 valence electrons. The Morgan fingerprint density at radius 1 is 0.404 bits per heavy atom. The van der Waals surface area contributed by atoms with E-state index < -0.39 is 86.8 Å². The van der Waals surface area contributed by atoms with E-state index in [0.717, 1.165) is 51.4 Å². The summed E-state index contributed by atoms with van der Waals surface area (Å²) in [6.07, 6.45) is 61.8. The molecule has 2 saturated heterocycles. The van der Waals surface area contributed by atoms with Crippen LogP contribution in [0.15, 0.2) is 48.6 Å². The summed E-state index contributed by atoms with van der Waals surface area (Å²) in [5, 5.41) is 87.5. The lowest BCUT2D eigenvalue weighted by molar-refractivity contribution is -0.359. The van der Waals surface area contributed by atoms with E-state index in [-0.39, 0.29) is 18.9 Å². The van der Waals surface area contributed by atoms with Gasteiger partial charge in [-0.1, -0.05) is 313 Å². The highest BCUT2D eigenvalue weighted by Gasteiger charge is 2.51. The molecule has 0 spiro atoms. The summed E-state index contributed by atoms with van der Waals surface area (Å²) in [5.41, 5.74) is 0. The van der Waals surface area contributed by atoms with Crippen molar-refractivity contribution in [3.05, 3.63) is 48.6 Å². The molecule has 2 heterocycles. The lowest BCUT2D eigenvalue weighted by Gasteiger charge is -2.46. The van der Waals surface area contributed by atoms with Crippen molar-refractivity contribution in [1.82, 2.24) is 5.32 Å². The van der Waals surface area contributed by atoms with Gasteiger partial charge in [0.2, 0.25) is 5.91 Å². The fraction of sp³-hybridized carbons (Fsp3) is 0.880. The second-order valence-corrected chi connectivity index (χ2v) is 26.4. The van der Waals surface area contributed by atoms with Crippen molar-refractivity contribution >= 4 is 5.91 Å². The maximum Gasteiger partial charge on any atom is 0.220 e. The minimum atomic E-state index is -1.79. The standard InChI is InChI=1S/C75H139NO13/c1-3-5-7-9-11-13-15-17-19-21-23-24-25-26-27-28-29-30-31-32-33-34-35-36-37-38-39-40-41-43-45-47-49-51-53-55-57-59-67(80)76-63(64(79)58-56-54-52-50-48-46-44-42-22-20-18-16-14-12-10-8-6-4-2)62-86-74-72(85)70(83)73(66(61-78)88-74)89-75-71(84)69(82)68(81)65(60-77)87-75/h15,17,21,23,25-26,56,58,63-66,68-75,77-79,81-85H,3-14,16,18-20,22,24,27-55,57,59-62H2,1-2H3,(H,76,80)/b17-15-,23-21-,26-25-,58-56+. The van der Waals surface area contributed by atoms with Gasteiger partial charge in [-0.2, -0.15) is 0 Å². The molecule has 0 aromatic carbocycles. The van der Waals surface area contributed by atoms with Crippen molar-refractivity contribution in [2.75, 3.05) is 19.8 Å². The number of carbonyl (C=O) groups is 1. The topological polar surface area (TPSA) is 228 Å². The molecule has 89 heavy (non-hydrogen) atoms. The van der Waals surface area contributed by atoms with E-state index in [1.807, 2.05) is 6.08 Å². The van der Waals surface area contributed by atoms with Gasteiger partial charge in [-0.25, -0.2) is 0 Å². The Hall–Kier alpha value is -2.05. The van der Waals surface area contributed by atoms with Crippen molar-refractivity contribution in [1.29, 1.82) is 0 Å². The quantitative estimate of drug-likeness (QED) is 0.0204. The molecule has 2 aliphatic heterocycles. The molecule has 14 nitrogen and oxygen atoms in total. The van der Waals surface area contributed by atoms with E-state index in [4.69, 9.17) is 18.9 Å². The number of allylic oxidation sites excluding steroid dienone is 7. The Bertz CT molecular complexity index is 1680. The summed E-state index contributed by atoms with van der Waals surface area (Å²) in [6, 6.07) is -0.914. The SMILES string of the molecule is CCCCCCC/C=C\C/C=C\C/C=C\CCCCCCCCCCCCCCCCCCCCCCCCC(=O)NC(COC1OC(CO)C(OC2OC(CO)C(O)C(O)C2O)C(O)C1O)C(O)/C=C/CCCCCCCCCCCCCCCCCC. The second-order valence-electron chi connectivity index (χ2n) is 26.4. The van der Waals surface area contributed by atoms with E-state index in [1.54, 1.807) is 6.08 Å². The lowest BCUT2D eigenvalue weighted by Crippen LogP contribution is -2.65. The zero-order valence-electron chi connectivity index (χ0n) is 56.9. The van der Waals surface area contributed by atoms with Crippen LogP contribution in [0.4, 0.5) is 0 Å². The summed E-state index contributed by atoms with van der Waals surface area (Å²) < 4.78 is 22.9. The first kappa shape index (κ1) is 83.0. The molecule has 14 heteroatoms. The van der Waals surface area contributed by atoms with Gasteiger partial charge in [0.25, 0.3) is 0 Å². The van der Waals surface area contributed by atoms with Gasteiger partial charge in [-0.05, 0) is 57.8 Å². The van der Waals surface area contributed by atoms with Crippen LogP contribution in [0, 0.1) is 0 Å². The lowest BCUT2D eigenvalue weighted by atomic mass is 9.97. The van der Waals surface area contributed by atoms with Crippen molar-refractivity contribution in [3.8, 4) is 0 Å². The summed E-state index contributed by atoms with van der Waals surface area (Å²) in [4.78, 5) is 13.3. The van der Waals surface area contributed by atoms with Crippen LogP contribution in [0.2, 0.25) is 0 Å². The zero-order chi connectivity index (χ0) is 64.5. The molecule has 0 saturated carbocycles. The Morgan fingerprint density at radius 2 is 0.742 bits per heavy atom. The third-order valence-electron chi connectivity index (χ3n) is 18.3. The molecule has 2 fully saturated rings. The van der Waals surface area contributed by atoms with Gasteiger partial charge >= 0.3 is 0 Å². The van der Waals surface area contributed by atoms with Crippen molar-refractivity contribution in [3.63, 3.8) is 0 Å². The second kappa shape index (κ2) is 59.7. The molecule has 12 atom stereocenters. The maximum atomic E-state index is 13.3. The van der Waals surface area contributed by atoms with Crippen LogP contribution < -0.4 is 5.32 Å². The first-order valence-electron chi connectivity index (χ1n) is 37.4. The number of aliphatic hydroxyl groups excluding tert-OH is 8. The fourth-order valence-corrected chi connectivity index (χ4v) is 12.3. The summed E-state index contributed by atoms with van der Waals surface area (Å²) in [7, 11) is 0. The van der Waals surface area contributed by atoms with Gasteiger partial charge in [0.05, 0.1) is 32.0 Å². The summed E-state index contributed by atoms with van der Waals surface area (Å²) in [5.74, 6) is -0.234. The van der Waals surface area contributed by atoms with E-state index in [9.17, 15) is 45.6 Å². The minimum absolute atomic E-state index is 0.234. The summed E-state index contributed by atoms with van der Waals surface area (Å²) in [6.45, 7) is 2.83. The summed E-state index contributed by atoms with van der Waals surface area (Å²) >= 11 is 0. The fourth-order valence-electron chi connectivity index (χ4n) is 12.3. The maximum absolute atomic E-state index is 13.3. The number of rotatable bonds is 62. The van der Waals surface area contributed by atoms with Crippen LogP contribution in [0.1, 0.15) is 328 Å². The monoisotopic (exact) mass is 1260 g/mol. The highest BCUT2D eigenvalue weighted by molar-refractivity contribution is 5.76. The molecule has 2 aliphatic rings. The number of hydrogen-bond acceptors (Lipinski definition) is 13. The number of nitrogens with one attached hydrogen (secondary N) is 1. The Labute approximate surface area is 543 Å². The van der Waals surface area contributed by atoms with Gasteiger partial charge in [0.1, 0.15) is 48.8 Å². The number of amides is 1. The Kier molecular flexibility index (Phi) is 55.7. The van der Waals surface area contributed by atoms with Gasteiger partial charge in [-0.3, -0.25) is 4.79 Å². The van der Waals surface area contributed by atoms with Crippen LogP contribution in [-0.2, 0) is 23.7 Å². The van der Waals surface area contributed by atoms with E-state index >= 15 is 0 Å². The largest absolute Gasteiger partial charge is 0.394 e. The first-order valence-corrected chi connectivity index (χ1v) is 37.4. The Morgan fingerprint density at radius 3 is 1.13 bits per heavy atom. The van der Waals surface area contributed by atoms with E-state index in [0.29, 0.717) is 6.42 Å². The highest BCUT2D eigenvalue weighted by Crippen LogP contribution is 2.30. The predicted octanol–water partition coefficient (Wildman–Crippen LogP) is 15.9. The van der Waals surface area contributed by atoms with Gasteiger partial charge in [0, 0.05) is 6.42 Å². The molecule has 0 aliphatic carbocycles. The smallest absolute Gasteiger partial charge is 0.220 e. The normalized spacial score (nSPS) is 23.3. The minimum Gasteiger partial charge on any atom is -0.394 e. The molecule has 2 rings (SSSR count). The van der Waals surface area contributed by atoms with Gasteiger partial charge in [0.15, 0.2) is 12.6 Å². The number of ether oxygens (including phenoxy) is 4. The molecule has 0 bridgehead atoms. The average Bonchev–Trinajstić information content (AvgIpc) is 1.44. The van der Waals surface area contributed by atoms with Gasteiger partial charge < -0.3 is 65.1 Å². The molecule has 1 amide bonds. The first-order chi connectivity index (χ1) is 43.6. The molecule has 12 unspecified atom stereocenters. The highest BCUT2D eigenvalue weighted by atomic mass is 16.7. The van der Waals surface area contributed by atoms with Crippen molar-refractivity contribution in [2.24, 2.45) is 0 Å². The van der Waals surface area contributed by atoms with E-state index in [2.05, 4.69) is 55.6 Å². The van der Waals surface area contributed by atoms with Crippen LogP contribution in [-0.4, -0.2) is 140 Å². The third kappa shape index (κ3) is 43.5. The zero-order valence-corrected chi connectivity index (χ0v) is 56.9. The van der Waals surface area contributed by atoms with Crippen molar-refractivity contribution in [2.45, 2.75) is 402 Å². The van der Waals surface area contributed by atoms with Crippen LogP contribution >= 0.6 is 0 Å². The molecule has 0 radical (unpaired) electrons. The number of aliphatic hydroxyl groups is 8. The number of hydrogen-bond donors (Lipinski definition) is 9. The molecule has 0 aromatic rings. The third-order valence-corrected chi connectivity index (χ3v) is 18.3. The molecular weight excluding hydrogens is 1120 g/mol. The van der Waals surface area contributed by atoms with Crippen LogP contribution in [0.25, 0.3) is 0 Å². The average molecular weight is 1260 g/mol. The Balaban J connectivity index is 1.59. The van der Waals surface area contributed by atoms with Crippen LogP contribution in [0.5, 0.6) is 0 Å². The van der Waals surface area contributed by atoms with Crippen LogP contribution in [0.3, 0.4) is 0 Å². The number of carbonyl (C=O) groups excluding carboxylic acids is 1. The molecule has 0 aromatic heterocycles. The van der Waals surface area contributed by atoms with Gasteiger partial charge in [-0.15, -0.1) is 0 Å². The number of unbranched alkanes of at least 4 members (excludes halogenated alkanes) is 43. The molecular formula is C75H139NO13. The molecule has 9 N–H and O–H groups in total. The predicted molar refractivity (Wildman–Crippen MR) is 364 cm³/mol. The van der Waals surface area contributed by atoms with E-state index in [1.165, 1.54) is 250 Å².